The average Bonchev–Trinajstić information content (AvgIpc) is 2.26. The molecule has 1 rings (SSSR count). The zero-order valence-electron chi connectivity index (χ0n) is 10.6. The number of rotatable bonds is 6. The van der Waals surface area contributed by atoms with Crippen molar-refractivity contribution in [3.05, 3.63) is 29.6 Å². The molecule has 0 amide bonds. The summed E-state index contributed by atoms with van der Waals surface area (Å²) in [6.07, 6.45) is 1.14. The number of hydrogen-bond acceptors (Lipinski definition) is 3. The first-order valence-corrected chi connectivity index (χ1v) is 5.96. The summed E-state index contributed by atoms with van der Waals surface area (Å²) in [6, 6.07) is 6.16. The van der Waals surface area contributed by atoms with E-state index >= 15 is 0 Å². The second-order valence-electron chi connectivity index (χ2n) is 4.48. The van der Waals surface area contributed by atoms with Gasteiger partial charge in [-0.2, -0.15) is 0 Å². The van der Waals surface area contributed by atoms with Crippen LogP contribution in [0.5, 0.6) is 0 Å². The molecule has 3 nitrogen and oxygen atoms in total. The van der Waals surface area contributed by atoms with Gasteiger partial charge in [-0.15, -0.1) is 0 Å². The van der Waals surface area contributed by atoms with Crippen LogP contribution in [-0.2, 0) is 6.54 Å². The zero-order valence-corrected chi connectivity index (χ0v) is 10.6. The van der Waals surface area contributed by atoms with E-state index in [1.807, 2.05) is 13.0 Å². The second-order valence-corrected chi connectivity index (χ2v) is 4.48. The topological polar surface area (TPSA) is 42.1 Å². The summed E-state index contributed by atoms with van der Waals surface area (Å²) in [5.74, 6) is 0.592. The minimum Gasteiger partial charge on any atom is -0.330 e. The maximum atomic E-state index is 5.71. The third-order valence-corrected chi connectivity index (χ3v) is 2.86. The van der Waals surface area contributed by atoms with Crippen molar-refractivity contribution >= 4 is 0 Å². The fourth-order valence-corrected chi connectivity index (χ4v) is 1.84. The van der Waals surface area contributed by atoms with Crippen LogP contribution >= 0.6 is 0 Å². The Balaban J connectivity index is 2.47. The molecule has 0 saturated heterocycles. The zero-order chi connectivity index (χ0) is 12.0. The second kappa shape index (κ2) is 6.61. The number of pyridine rings is 1. The molecule has 0 aliphatic heterocycles. The van der Waals surface area contributed by atoms with Crippen molar-refractivity contribution in [3.63, 3.8) is 0 Å². The number of nitrogens with two attached hydrogens (primary N) is 1. The predicted molar refractivity (Wildman–Crippen MR) is 68.1 cm³/mol. The van der Waals surface area contributed by atoms with Gasteiger partial charge in [-0.3, -0.25) is 4.98 Å². The van der Waals surface area contributed by atoms with Crippen molar-refractivity contribution in [1.82, 2.24) is 9.88 Å². The number of aryl methyl sites for hydroxylation is 1. The SMILES string of the molecule is CCC(CN)CN(C)Cc1cccc(C)n1. The first-order chi connectivity index (χ1) is 7.65. The molecule has 1 aromatic rings. The van der Waals surface area contributed by atoms with Crippen molar-refractivity contribution in [2.45, 2.75) is 26.8 Å². The summed E-state index contributed by atoms with van der Waals surface area (Å²) in [5, 5.41) is 0. The third-order valence-electron chi connectivity index (χ3n) is 2.86. The van der Waals surface area contributed by atoms with Gasteiger partial charge in [0.1, 0.15) is 0 Å². The summed E-state index contributed by atoms with van der Waals surface area (Å²) in [5.41, 5.74) is 7.92. The Kier molecular flexibility index (Phi) is 5.43. The Hall–Kier alpha value is -0.930. The van der Waals surface area contributed by atoms with E-state index in [1.165, 1.54) is 0 Å². The Morgan fingerprint density at radius 2 is 2.19 bits per heavy atom. The summed E-state index contributed by atoms with van der Waals surface area (Å²) in [7, 11) is 2.13. The quantitative estimate of drug-likeness (QED) is 0.796. The largest absolute Gasteiger partial charge is 0.330 e. The van der Waals surface area contributed by atoms with Crippen molar-refractivity contribution in [2.24, 2.45) is 11.7 Å². The van der Waals surface area contributed by atoms with E-state index in [4.69, 9.17) is 5.73 Å². The van der Waals surface area contributed by atoms with E-state index in [0.29, 0.717) is 5.92 Å². The van der Waals surface area contributed by atoms with E-state index in [-0.39, 0.29) is 0 Å². The monoisotopic (exact) mass is 221 g/mol. The van der Waals surface area contributed by atoms with Gasteiger partial charge in [0.2, 0.25) is 0 Å². The van der Waals surface area contributed by atoms with Crippen LogP contribution in [-0.4, -0.2) is 30.0 Å². The molecule has 0 fully saturated rings. The van der Waals surface area contributed by atoms with Crippen LogP contribution in [0.4, 0.5) is 0 Å². The fourth-order valence-electron chi connectivity index (χ4n) is 1.84. The lowest BCUT2D eigenvalue weighted by Crippen LogP contribution is -2.29. The van der Waals surface area contributed by atoms with E-state index in [9.17, 15) is 0 Å². The molecule has 1 unspecified atom stereocenters. The highest BCUT2D eigenvalue weighted by molar-refractivity contribution is 5.09. The van der Waals surface area contributed by atoms with Gasteiger partial charge in [0.15, 0.2) is 0 Å². The lowest BCUT2D eigenvalue weighted by Gasteiger charge is -2.21. The minimum atomic E-state index is 0.592. The van der Waals surface area contributed by atoms with Crippen LogP contribution < -0.4 is 5.73 Å². The highest BCUT2D eigenvalue weighted by Crippen LogP contribution is 2.06. The molecular formula is C13H23N3. The van der Waals surface area contributed by atoms with Gasteiger partial charge in [-0.1, -0.05) is 19.4 Å². The number of nitrogens with zero attached hydrogens (tertiary/aromatic N) is 2. The van der Waals surface area contributed by atoms with Gasteiger partial charge in [-0.25, -0.2) is 0 Å². The van der Waals surface area contributed by atoms with Gasteiger partial charge in [0.05, 0.1) is 5.69 Å². The summed E-state index contributed by atoms with van der Waals surface area (Å²) >= 11 is 0. The molecule has 0 bridgehead atoms. The molecule has 1 heterocycles. The summed E-state index contributed by atoms with van der Waals surface area (Å²) in [4.78, 5) is 6.79. The third kappa shape index (κ3) is 4.29. The molecule has 0 aliphatic rings. The molecule has 0 aromatic carbocycles. The van der Waals surface area contributed by atoms with Gasteiger partial charge in [0.25, 0.3) is 0 Å². The fraction of sp³-hybridized carbons (Fsp3) is 0.615. The molecule has 0 aliphatic carbocycles. The van der Waals surface area contributed by atoms with E-state index in [0.717, 1.165) is 37.4 Å². The Bertz CT molecular complexity index is 308. The predicted octanol–water partition coefficient (Wildman–Crippen LogP) is 1.81. The molecular weight excluding hydrogens is 198 g/mol. The summed E-state index contributed by atoms with van der Waals surface area (Å²) in [6.45, 7) is 6.93. The molecule has 1 atom stereocenters. The first kappa shape index (κ1) is 13.1. The molecule has 3 heteroatoms. The van der Waals surface area contributed by atoms with E-state index in [1.54, 1.807) is 0 Å². The lowest BCUT2D eigenvalue weighted by atomic mass is 10.1. The van der Waals surface area contributed by atoms with Gasteiger partial charge < -0.3 is 10.6 Å². The maximum absolute atomic E-state index is 5.71. The van der Waals surface area contributed by atoms with Crippen LogP contribution in [0.2, 0.25) is 0 Å². The van der Waals surface area contributed by atoms with Crippen LogP contribution in [0.15, 0.2) is 18.2 Å². The van der Waals surface area contributed by atoms with Crippen LogP contribution in [0.25, 0.3) is 0 Å². The minimum absolute atomic E-state index is 0.592. The smallest absolute Gasteiger partial charge is 0.0547 e. The normalized spacial score (nSPS) is 13.1. The highest BCUT2D eigenvalue weighted by atomic mass is 15.1. The Morgan fingerprint density at radius 3 is 2.75 bits per heavy atom. The number of hydrogen-bond donors (Lipinski definition) is 1. The molecule has 0 radical (unpaired) electrons. The average molecular weight is 221 g/mol. The van der Waals surface area contributed by atoms with E-state index in [2.05, 4.69) is 36.0 Å². The van der Waals surface area contributed by atoms with E-state index < -0.39 is 0 Å². The standard InChI is InChI=1S/C13H23N3/c1-4-12(8-14)9-16(3)10-13-7-5-6-11(2)15-13/h5-7,12H,4,8-10,14H2,1-3H3. The Labute approximate surface area is 98.7 Å². The van der Waals surface area contributed by atoms with Crippen LogP contribution in [0.1, 0.15) is 24.7 Å². The Morgan fingerprint density at radius 1 is 1.44 bits per heavy atom. The molecule has 1 aromatic heterocycles. The molecule has 0 spiro atoms. The van der Waals surface area contributed by atoms with Gasteiger partial charge >= 0.3 is 0 Å². The summed E-state index contributed by atoms with van der Waals surface area (Å²) < 4.78 is 0. The lowest BCUT2D eigenvalue weighted by molar-refractivity contribution is 0.265. The van der Waals surface area contributed by atoms with Gasteiger partial charge in [-0.05, 0) is 38.6 Å². The van der Waals surface area contributed by atoms with Gasteiger partial charge in [0, 0.05) is 18.8 Å². The van der Waals surface area contributed by atoms with Crippen LogP contribution in [0.3, 0.4) is 0 Å². The maximum Gasteiger partial charge on any atom is 0.0547 e. The van der Waals surface area contributed by atoms with Crippen molar-refractivity contribution in [1.29, 1.82) is 0 Å². The molecule has 2 N–H and O–H groups in total. The van der Waals surface area contributed by atoms with Crippen molar-refractivity contribution in [3.8, 4) is 0 Å². The van der Waals surface area contributed by atoms with Crippen molar-refractivity contribution in [2.75, 3.05) is 20.1 Å². The first-order valence-electron chi connectivity index (χ1n) is 5.96. The highest BCUT2D eigenvalue weighted by Gasteiger charge is 2.08. The molecule has 0 saturated carbocycles. The van der Waals surface area contributed by atoms with Crippen molar-refractivity contribution < 1.29 is 0 Å². The molecule has 90 valence electrons. The number of aromatic nitrogens is 1. The molecule has 16 heavy (non-hydrogen) atoms. The van der Waals surface area contributed by atoms with Crippen LogP contribution in [0, 0.1) is 12.8 Å².